The van der Waals surface area contributed by atoms with Crippen molar-refractivity contribution >= 4 is 22.9 Å². The van der Waals surface area contributed by atoms with Crippen LogP contribution in [0.3, 0.4) is 0 Å². The Kier molecular flexibility index (Phi) is 4.96. The molecule has 3 nitrogen and oxygen atoms in total. The van der Waals surface area contributed by atoms with Crippen molar-refractivity contribution in [3.63, 3.8) is 0 Å². The van der Waals surface area contributed by atoms with Gasteiger partial charge in [-0.15, -0.1) is 0 Å². The second-order valence-corrected chi connectivity index (χ2v) is 4.94. The molecule has 0 bridgehead atoms. The zero-order valence-corrected chi connectivity index (χ0v) is 12.2. The molecular formula is C16H18N2OS. The average Bonchev–Trinajstić information content (AvgIpc) is 2.44. The summed E-state index contributed by atoms with van der Waals surface area (Å²) in [5.74, 6) is 0.869. The quantitative estimate of drug-likeness (QED) is 0.633. The molecule has 0 spiro atoms. The van der Waals surface area contributed by atoms with E-state index in [9.17, 15) is 0 Å². The van der Waals surface area contributed by atoms with Crippen LogP contribution in [0.1, 0.15) is 11.1 Å². The molecule has 0 aliphatic carbocycles. The molecule has 20 heavy (non-hydrogen) atoms. The molecule has 0 unspecified atom stereocenters. The van der Waals surface area contributed by atoms with Gasteiger partial charge in [-0.05, 0) is 36.8 Å². The third kappa shape index (κ3) is 3.96. The van der Waals surface area contributed by atoms with Crippen molar-refractivity contribution in [1.82, 2.24) is 0 Å². The predicted octanol–water partition coefficient (Wildman–Crippen LogP) is 3.12. The first-order chi connectivity index (χ1) is 9.66. The summed E-state index contributed by atoms with van der Waals surface area (Å²) in [6.07, 6.45) is 0. The van der Waals surface area contributed by atoms with E-state index in [1.165, 1.54) is 0 Å². The van der Waals surface area contributed by atoms with Gasteiger partial charge in [-0.2, -0.15) is 0 Å². The van der Waals surface area contributed by atoms with E-state index in [2.05, 4.69) is 5.32 Å². The van der Waals surface area contributed by atoms with E-state index in [0.29, 0.717) is 18.1 Å². The second-order valence-electron chi connectivity index (χ2n) is 4.50. The van der Waals surface area contributed by atoms with Crippen LogP contribution < -0.4 is 15.8 Å². The lowest BCUT2D eigenvalue weighted by atomic mass is 10.1. The summed E-state index contributed by atoms with van der Waals surface area (Å²) in [6, 6.07) is 15.7. The van der Waals surface area contributed by atoms with Gasteiger partial charge in [-0.3, -0.25) is 0 Å². The van der Waals surface area contributed by atoms with Gasteiger partial charge in [0.1, 0.15) is 17.3 Å². The van der Waals surface area contributed by atoms with Crippen molar-refractivity contribution < 1.29 is 4.74 Å². The Balaban J connectivity index is 1.91. The summed E-state index contributed by atoms with van der Waals surface area (Å²) < 4.78 is 5.63. The molecule has 2 aromatic rings. The van der Waals surface area contributed by atoms with Gasteiger partial charge in [0.15, 0.2) is 0 Å². The second kappa shape index (κ2) is 6.91. The van der Waals surface area contributed by atoms with E-state index in [1.807, 2.05) is 55.5 Å². The largest absolute Gasteiger partial charge is 0.492 e. The Morgan fingerprint density at radius 3 is 2.65 bits per heavy atom. The van der Waals surface area contributed by atoms with Gasteiger partial charge in [-0.25, -0.2) is 0 Å². The molecule has 0 atom stereocenters. The fourth-order valence-corrected chi connectivity index (χ4v) is 2.07. The van der Waals surface area contributed by atoms with Crippen LogP contribution in [0.15, 0.2) is 48.5 Å². The first-order valence-electron chi connectivity index (χ1n) is 6.49. The highest BCUT2D eigenvalue weighted by molar-refractivity contribution is 7.80. The highest BCUT2D eigenvalue weighted by Crippen LogP contribution is 2.17. The van der Waals surface area contributed by atoms with E-state index < -0.39 is 0 Å². The molecule has 0 aliphatic rings. The number of nitrogens with one attached hydrogen (secondary N) is 1. The van der Waals surface area contributed by atoms with Crippen LogP contribution in [-0.2, 0) is 0 Å². The number of para-hydroxylation sites is 1. The molecule has 4 heteroatoms. The minimum absolute atomic E-state index is 0.400. The molecule has 0 amide bonds. The highest BCUT2D eigenvalue weighted by Gasteiger charge is 2.04. The number of hydrogen-bond donors (Lipinski definition) is 2. The molecule has 104 valence electrons. The van der Waals surface area contributed by atoms with Gasteiger partial charge in [-0.1, -0.05) is 36.5 Å². The first-order valence-corrected chi connectivity index (χ1v) is 6.90. The number of anilines is 1. The summed E-state index contributed by atoms with van der Waals surface area (Å²) in [5.41, 5.74) is 8.70. The van der Waals surface area contributed by atoms with Crippen LogP contribution in [0.25, 0.3) is 0 Å². The Morgan fingerprint density at radius 1 is 1.20 bits per heavy atom. The first kappa shape index (κ1) is 14.3. The van der Waals surface area contributed by atoms with E-state index in [0.717, 1.165) is 22.6 Å². The maximum Gasteiger partial charge on any atom is 0.119 e. The molecular weight excluding hydrogens is 268 g/mol. The van der Waals surface area contributed by atoms with Crippen molar-refractivity contribution in [1.29, 1.82) is 0 Å². The maximum absolute atomic E-state index is 5.72. The molecule has 0 aliphatic heterocycles. The van der Waals surface area contributed by atoms with Crippen LogP contribution in [0, 0.1) is 6.92 Å². The van der Waals surface area contributed by atoms with Gasteiger partial charge < -0.3 is 15.8 Å². The Hall–Kier alpha value is -2.07. The fraction of sp³-hybridized carbons (Fsp3) is 0.188. The molecule has 0 aromatic heterocycles. The number of thiocarbonyl (C=S) groups is 1. The van der Waals surface area contributed by atoms with Crippen LogP contribution in [-0.4, -0.2) is 18.1 Å². The van der Waals surface area contributed by atoms with Crippen LogP contribution >= 0.6 is 12.2 Å². The summed E-state index contributed by atoms with van der Waals surface area (Å²) in [5, 5.41) is 3.31. The van der Waals surface area contributed by atoms with Crippen molar-refractivity contribution in [2.45, 2.75) is 6.92 Å². The summed E-state index contributed by atoms with van der Waals surface area (Å²) in [4.78, 5) is 0.400. The Morgan fingerprint density at radius 2 is 1.95 bits per heavy atom. The maximum atomic E-state index is 5.72. The Labute approximate surface area is 124 Å². The molecule has 0 radical (unpaired) electrons. The zero-order chi connectivity index (χ0) is 14.4. The normalized spacial score (nSPS) is 10.1. The summed E-state index contributed by atoms with van der Waals surface area (Å²) in [6.45, 7) is 3.30. The van der Waals surface area contributed by atoms with Crippen molar-refractivity contribution in [2.24, 2.45) is 5.73 Å². The number of rotatable bonds is 6. The van der Waals surface area contributed by atoms with E-state index in [4.69, 9.17) is 22.7 Å². The topological polar surface area (TPSA) is 47.3 Å². The molecule has 0 fully saturated rings. The molecule has 0 saturated heterocycles. The number of benzene rings is 2. The SMILES string of the molecule is Cc1ccc(C(N)=S)c(NCCOc2ccccc2)c1. The molecule has 0 saturated carbocycles. The Bertz CT molecular complexity index is 584. The van der Waals surface area contributed by atoms with Crippen LogP contribution in [0.5, 0.6) is 5.75 Å². The minimum Gasteiger partial charge on any atom is -0.492 e. The van der Waals surface area contributed by atoms with Crippen molar-refractivity contribution in [3.05, 3.63) is 59.7 Å². The number of nitrogens with two attached hydrogens (primary N) is 1. The molecule has 0 heterocycles. The minimum atomic E-state index is 0.400. The van der Waals surface area contributed by atoms with E-state index in [1.54, 1.807) is 0 Å². The highest BCUT2D eigenvalue weighted by atomic mass is 32.1. The predicted molar refractivity (Wildman–Crippen MR) is 87.5 cm³/mol. The smallest absolute Gasteiger partial charge is 0.119 e. The summed E-state index contributed by atoms with van der Waals surface area (Å²) >= 11 is 5.05. The van der Waals surface area contributed by atoms with Crippen LogP contribution in [0.4, 0.5) is 5.69 Å². The van der Waals surface area contributed by atoms with Gasteiger partial charge in [0, 0.05) is 17.8 Å². The van der Waals surface area contributed by atoms with Gasteiger partial charge in [0.2, 0.25) is 0 Å². The monoisotopic (exact) mass is 286 g/mol. The lowest BCUT2D eigenvalue weighted by molar-refractivity contribution is 0.333. The third-order valence-electron chi connectivity index (χ3n) is 2.87. The fourth-order valence-electron chi connectivity index (χ4n) is 1.89. The lowest BCUT2D eigenvalue weighted by Gasteiger charge is -2.13. The van der Waals surface area contributed by atoms with Crippen molar-refractivity contribution in [3.8, 4) is 5.75 Å². The molecule has 2 aromatic carbocycles. The van der Waals surface area contributed by atoms with E-state index in [-0.39, 0.29) is 0 Å². The van der Waals surface area contributed by atoms with Crippen LogP contribution in [0.2, 0.25) is 0 Å². The number of hydrogen-bond acceptors (Lipinski definition) is 3. The molecule has 2 rings (SSSR count). The third-order valence-corrected chi connectivity index (χ3v) is 3.09. The van der Waals surface area contributed by atoms with Gasteiger partial charge in [0.25, 0.3) is 0 Å². The summed E-state index contributed by atoms with van der Waals surface area (Å²) in [7, 11) is 0. The number of ether oxygens (including phenoxy) is 1. The zero-order valence-electron chi connectivity index (χ0n) is 11.4. The lowest BCUT2D eigenvalue weighted by Crippen LogP contribution is -2.16. The van der Waals surface area contributed by atoms with Gasteiger partial charge >= 0.3 is 0 Å². The number of aryl methyl sites for hydroxylation is 1. The average molecular weight is 286 g/mol. The molecule has 3 N–H and O–H groups in total. The standard InChI is InChI=1S/C16H18N2OS/c1-12-7-8-14(16(17)20)15(11-12)18-9-10-19-13-5-3-2-4-6-13/h2-8,11,18H,9-10H2,1H3,(H2,17,20). The van der Waals surface area contributed by atoms with E-state index >= 15 is 0 Å². The van der Waals surface area contributed by atoms with Gasteiger partial charge in [0.05, 0.1) is 0 Å². The van der Waals surface area contributed by atoms with Crippen molar-refractivity contribution in [2.75, 3.05) is 18.5 Å².